The molecule has 0 saturated heterocycles. The number of aromatic nitrogens is 2. The Morgan fingerprint density at radius 3 is 2.27 bits per heavy atom. The van der Waals surface area contributed by atoms with Gasteiger partial charge in [-0.15, -0.1) is 0 Å². The minimum Gasteiger partial charge on any atom is -0.461 e. The topological polar surface area (TPSA) is 76.4 Å². The van der Waals surface area contributed by atoms with E-state index in [1.54, 1.807) is 13.0 Å². The van der Waals surface area contributed by atoms with Crippen molar-refractivity contribution >= 4 is 27.6 Å². The molecule has 8 heteroatoms. The minimum atomic E-state index is -0.728. The third-order valence-corrected chi connectivity index (χ3v) is 5.08. The molecule has 1 atom stereocenters. The number of nitrogens with zero attached hydrogens (tertiary/aromatic N) is 2. The van der Waals surface area contributed by atoms with Crippen molar-refractivity contribution in [2.75, 3.05) is 18.5 Å². The predicted molar refractivity (Wildman–Crippen MR) is 128 cm³/mol. The molecule has 2 aromatic rings. The Bertz CT molecular complexity index is 826. The average molecular weight is 552 g/mol. The molecular weight excluding hydrogens is 526 g/mol. The number of halogens is 1. The summed E-state index contributed by atoms with van der Waals surface area (Å²) < 4.78 is 7.62. The van der Waals surface area contributed by atoms with E-state index in [0.29, 0.717) is 17.9 Å². The van der Waals surface area contributed by atoms with Crippen LogP contribution in [0.5, 0.6) is 0 Å². The van der Waals surface area contributed by atoms with Gasteiger partial charge in [-0.3, -0.25) is 4.68 Å². The Kier molecular flexibility index (Phi) is 12.5. The van der Waals surface area contributed by atoms with E-state index in [2.05, 4.69) is 26.3 Å². The van der Waals surface area contributed by atoms with Gasteiger partial charge in [0.25, 0.3) is 0 Å². The van der Waals surface area contributed by atoms with Gasteiger partial charge in [-0.1, -0.05) is 15.9 Å². The van der Waals surface area contributed by atoms with Crippen LogP contribution in [0.3, 0.4) is 0 Å². The quantitative estimate of drug-likeness (QED) is 0.382. The second-order valence-corrected chi connectivity index (χ2v) is 7.91. The van der Waals surface area contributed by atoms with E-state index in [4.69, 9.17) is 4.74 Å². The zero-order valence-corrected chi connectivity index (χ0v) is 20.9. The first-order chi connectivity index (χ1) is 15.6. The van der Waals surface area contributed by atoms with Crippen LogP contribution in [0.1, 0.15) is 23.1 Å². The Labute approximate surface area is 216 Å². The summed E-state index contributed by atoms with van der Waals surface area (Å²) in [6.45, 7) is 2.55. The van der Waals surface area contributed by atoms with Gasteiger partial charge in [0.2, 0.25) is 0 Å². The van der Waals surface area contributed by atoms with Crippen LogP contribution in [0.25, 0.3) is 0 Å². The second kappa shape index (κ2) is 14.8. The van der Waals surface area contributed by atoms with Crippen LogP contribution in [0.15, 0.2) is 34.8 Å². The third kappa shape index (κ3) is 9.08. The first kappa shape index (κ1) is 27.9. The van der Waals surface area contributed by atoms with E-state index in [1.807, 2.05) is 82.1 Å². The number of hydrogen-bond donors (Lipinski definition) is 2. The van der Waals surface area contributed by atoms with Crippen LogP contribution in [-0.4, -0.2) is 40.1 Å². The van der Waals surface area contributed by atoms with E-state index in [-0.39, 0.29) is 30.2 Å². The molecule has 1 heterocycles. The number of anilines is 1. The molecule has 1 aromatic carbocycles. The monoisotopic (exact) mass is 551 g/mol. The summed E-state index contributed by atoms with van der Waals surface area (Å²) in [6.07, 6.45) is 16.9. The van der Waals surface area contributed by atoms with Crippen LogP contribution in [0, 0.1) is 63.7 Å². The number of nitrogens with one attached hydrogen (secondary N) is 1. The number of carbonyl (C=O) groups excluding carboxylic acids is 1. The summed E-state index contributed by atoms with van der Waals surface area (Å²) >= 11 is 3.39. The summed E-state index contributed by atoms with van der Waals surface area (Å²) in [7, 11) is 0. The summed E-state index contributed by atoms with van der Waals surface area (Å²) in [6, 6.07) is 9.38. The van der Waals surface area contributed by atoms with Crippen molar-refractivity contribution in [3.63, 3.8) is 0 Å². The van der Waals surface area contributed by atoms with Crippen LogP contribution in [0.2, 0.25) is 0 Å². The van der Waals surface area contributed by atoms with Gasteiger partial charge in [-0.2, -0.15) is 5.10 Å². The maximum absolute atomic E-state index is 12.3. The molecule has 33 heavy (non-hydrogen) atoms. The molecule has 2 N–H and O–H groups in total. The number of ether oxygens (including phenoxy) is 1. The second-order valence-electron chi connectivity index (χ2n) is 6.99. The third-order valence-electron chi connectivity index (χ3n) is 4.55. The fraction of sp³-hybridized carbons (Fsp3) is 0.200. The minimum absolute atomic E-state index is 0. The molecule has 6 nitrogen and oxygen atoms in total. The van der Waals surface area contributed by atoms with Gasteiger partial charge in [0.15, 0.2) is 0 Å². The molecule has 4 rings (SSSR count). The van der Waals surface area contributed by atoms with Crippen molar-refractivity contribution in [2.24, 2.45) is 0 Å². The maximum atomic E-state index is 12.3. The first-order valence-electron chi connectivity index (χ1n) is 10.4. The van der Waals surface area contributed by atoms with Gasteiger partial charge in [0.05, 0.1) is 24.9 Å². The van der Waals surface area contributed by atoms with Crippen molar-refractivity contribution in [3.05, 3.63) is 110 Å². The van der Waals surface area contributed by atoms with Gasteiger partial charge in [0.1, 0.15) is 5.69 Å². The van der Waals surface area contributed by atoms with Crippen molar-refractivity contribution in [1.82, 2.24) is 9.78 Å². The number of hydrogen-bond acceptors (Lipinski definition) is 5. The molecule has 0 amide bonds. The molecule has 2 saturated carbocycles. The standard InChI is InChI=1S/C20H21BrN3O3.C5H5.Fe/c1-2-27-20(26)19-11-18(14-5-3-4-6-14)23-24(19)13-17(25)12-22-16-9-7-15(21)8-10-16;1-2-4-5-3-1;/h3-11,17,22,25H,2,12-13H2,1H3;1-5H;/q;;+2/t17-;;/m0../s1. The van der Waals surface area contributed by atoms with Crippen LogP contribution >= 0.6 is 15.9 Å². The number of aliphatic hydroxyl groups excluding tert-OH is 1. The van der Waals surface area contributed by atoms with Crippen LogP contribution in [0.4, 0.5) is 5.69 Å². The SMILES string of the molecule is CCOC(=O)c1cc([C]2[CH][CH][CH][CH]2)nn1C[C@@H](O)CNc1ccc(Br)cc1.[CH]1[CH][CH][CH][CH]1.[Fe+2]. The zero-order chi connectivity index (χ0) is 22.8. The maximum Gasteiger partial charge on any atom is 2.00 e. The molecular formula is C25H26BrFeN3O3+2. The molecule has 0 bridgehead atoms. The number of rotatable bonds is 8. The van der Waals surface area contributed by atoms with E-state index in [0.717, 1.165) is 16.1 Å². The van der Waals surface area contributed by atoms with E-state index < -0.39 is 12.1 Å². The number of benzene rings is 1. The molecule has 2 fully saturated rings. The molecule has 10 radical (unpaired) electrons. The summed E-state index contributed by atoms with van der Waals surface area (Å²) in [4.78, 5) is 12.3. The van der Waals surface area contributed by atoms with Crippen LogP contribution in [-0.2, 0) is 28.4 Å². The van der Waals surface area contributed by atoms with Gasteiger partial charge >= 0.3 is 23.0 Å². The summed E-state index contributed by atoms with van der Waals surface area (Å²) in [5.74, 6) is 0.470. The molecule has 0 aliphatic heterocycles. The van der Waals surface area contributed by atoms with Crippen molar-refractivity contribution in [1.29, 1.82) is 0 Å². The van der Waals surface area contributed by atoms with Gasteiger partial charge in [-0.25, -0.2) is 4.79 Å². The average Bonchev–Trinajstić information content (AvgIpc) is 3.57. The Balaban J connectivity index is 0.000000568. The first-order valence-corrected chi connectivity index (χ1v) is 11.2. The van der Waals surface area contributed by atoms with Crippen molar-refractivity contribution < 1.29 is 31.7 Å². The summed E-state index contributed by atoms with van der Waals surface area (Å²) in [5, 5.41) is 18.1. The Hall–Kier alpha value is -1.34. The number of aliphatic hydroxyl groups is 1. The zero-order valence-electron chi connectivity index (χ0n) is 18.2. The summed E-state index contributed by atoms with van der Waals surface area (Å²) in [5.41, 5.74) is 1.91. The molecule has 0 unspecified atom stereocenters. The molecule has 172 valence electrons. The number of carbonyl (C=O) groups is 1. The Morgan fingerprint density at radius 2 is 1.70 bits per heavy atom. The molecule has 2 aliphatic carbocycles. The normalized spacial score (nSPS) is 16.5. The van der Waals surface area contributed by atoms with Crippen LogP contribution < -0.4 is 5.32 Å². The van der Waals surface area contributed by atoms with Crippen molar-refractivity contribution in [2.45, 2.75) is 19.6 Å². The molecule has 0 spiro atoms. The fourth-order valence-electron chi connectivity index (χ4n) is 3.00. The molecule has 2 aliphatic rings. The van der Waals surface area contributed by atoms with E-state index in [1.165, 1.54) is 4.68 Å². The van der Waals surface area contributed by atoms with E-state index >= 15 is 0 Å². The molecule has 1 aromatic heterocycles. The predicted octanol–water partition coefficient (Wildman–Crippen LogP) is 4.07. The van der Waals surface area contributed by atoms with Gasteiger partial charge < -0.3 is 15.2 Å². The largest absolute Gasteiger partial charge is 2.00 e. The fourth-order valence-corrected chi connectivity index (χ4v) is 3.26. The smallest absolute Gasteiger partial charge is 0.461 e. The number of esters is 1. The van der Waals surface area contributed by atoms with Gasteiger partial charge in [-0.05, 0) is 95.0 Å². The van der Waals surface area contributed by atoms with Gasteiger partial charge in [0, 0.05) is 22.6 Å². The van der Waals surface area contributed by atoms with E-state index in [9.17, 15) is 9.90 Å². The Morgan fingerprint density at radius 1 is 1.09 bits per heavy atom. The van der Waals surface area contributed by atoms with Crippen molar-refractivity contribution in [3.8, 4) is 0 Å².